The number of rotatable bonds is 43. The van der Waals surface area contributed by atoms with Crippen LogP contribution >= 0.6 is 0 Å². The lowest BCUT2D eigenvalue weighted by atomic mass is 10.1. The number of esters is 2. The summed E-state index contributed by atoms with van der Waals surface area (Å²) in [5.74, 6) is -1.49. The van der Waals surface area contributed by atoms with Gasteiger partial charge >= 0.3 is 17.9 Å². The molecule has 8 heteroatoms. The van der Waals surface area contributed by atoms with Crippen LogP contribution in [0.4, 0.5) is 0 Å². The highest BCUT2D eigenvalue weighted by atomic mass is 16.6. The van der Waals surface area contributed by atoms with Gasteiger partial charge < -0.3 is 23.8 Å². The molecule has 0 radical (unpaired) electrons. The minimum Gasteiger partial charge on any atom is -0.477 e. The molecular formula is C51H92NO7+. The molecule has 0 aliphatic rings. The first-order valence-electron chi connectivity index (χ1n) is 24.2. The maximum Gasteiger partial charge on any atom is 0.362 e. The number of carbonyl (C=O) groups excluding carboxylic acids is 2. The van der Waals surface area contributed by atoms with Crippen molar-refractivity contribution < 1.29 is 38.2 Å². The third kappa shape index (κ3) is 40.5. The van der Waals surface area contributed by atoms with Crippen molar-refractivity contribution in [2.75, 3.05) is 41.0 Å². The van der Waals surface area contributed by atoms with Crippen LogP contribution in [0.2, 0.25) is 0 Å². The van der Waals surface area contributed by atoms with Crippen molar-refractivity contribution in [2.45, 2.75) is 219 Å². The summed E-state index contributed by atoms with van der Waals surface area (Å²) in [6.07, 6.45) is 50.1. The molecule has 0 rings (SSSR count). The minimum atomic E-state index is -0.878. The van der Waals surface area contributed by atoms with E-state index in [4.69, 9.17) is 14.2 Å². The van der Waals surface area contributed by atoms with Gasteiger partial charge in [-0.25, -0.2) is 4.79 Å². The molecule has 0 bridgehead atoms. The van der Waals surface area contributed by atoms with Gasteiger partial charge in [0.2, 0.25) is 0 Å². The van der Waals surface area contributed by atoms with E-state index in [1.54, 1.807) is 0 Å². The van der Waals surface area contributed by atoms with Crippen LogP contribution < -0.4 is 0 Å². The van der Waals surface area contributed by atoms with Gasteiger partial charge in [-0.1, -0.05) is 165 Å². The Morgan fingerprint density at radius 1 is 0.525 bits per heavy atom. The molecule has 0 aromatic heterocycles. The van der Waals surface area contributed by atoms with Crippen LogP contribution in [0.25, 0.3) is 0 Å². The minimum absolute atomic E-state index is 0.0550. The van der Waals surface area contributed by atoms with Crippen LogP contribution in [-0.4, -0.2) is 80.6 Å². The topological polar surface area (TPSA) is 99.1 Å². The van der Waals surface area contributed by atoms with Gasteiger partial charge in [-0.2, -0.15) is 0 Å². The van der Waals surface area contributed by atoms with Crippen molar-refractivity contribution >= 4 is 17.9 Å². The zero-order valence-corrected chi connectivity index (χ0v) is 39.0. The fraction of sp³-hybridized carbons (Fsp3) is 0.784. The van der Waals surface area contributed by atoms with Crippen LogP contribution in [0, 0.1) is 0 Å². The SMILES string of the molecule is CC/C=C/C/C=C/C/C=C/CCCCCCCCC(=O)OCC(COCCC(C(=O)O)[N+](C)(C)C)OC(=O)CCCCCCCCC/C=C/CCCCCCCCCC. The highest BCUT2D eigenvalue weighted by Crippen LogP contribution is 2.15. The lowest BCUT2D eigenvalue weighted by Gasteiger charge is -2.31. The van der Waals surface area contributed by atoms with Gasteiger partial charge in [0.05, 0.1) is 34.4 Å². The fourth-order valence-corrected chi connectivity index (χ4v) is 6.98. The molecular weight excluding hydrogens is 739 g/mol. The number of hydrogen-bond acceptors (Lipinski definition) is 6. The Morgan fingerprint density at radius 2 is 0.949 bits per heavy atom. The molecule has 0 aromatic rings. The molecule has 0 aliphatic heterocycles. The van der Waals surface area contributed by atoms with Crippen LogP contribution in [0.15, 0.2) is 48.6 Å². The Kier molecular flexibility index (Phi) is 40.1. The van der Waals surface area contributed by atoms with Crippen molar-refractivity contribution in [3.05, 3.63) is 48.6 Å². The number of nitrogens with zero attached hydrogens (tertiary/aromatic N) is 1. The smallest absolute Gasteiger partial charge is 0.362 e. The molecule has 2 unspecified atom stereocenters. The summed E-state index contributed by atoms with van der Waals surface area (Å²) < 4.78 is 17.3. The lowest BCUT2D eigenvalue weighted by molar-refractivity contribution is -0.887. The Morgan fingerprint density at radius 3 is 1.42 bits per heavy atom. The largest absolute Gasteiger partial charge is 0.477 e. The number of ether oxygens (including phenoxy) is 3. The third-order valence-electron chi connectivity index (χ3n) is 10.7. The molecule has 1 N–H and O–H groups in total. The second-order valence-electron chi connectivity index (χ2n) is 17.3. The predicted molar refractivity (Wildman–Crippen MR) is 248 cm³/mol. The van der Waals surface area contributed by atoms with E-state index in [0.29, 0.717) is 19.3 Å². The molecule has 0 heterocycles. The Balaban J connectivity index is 4.30. The van der Waals surface area contributed by atoms with Gasteiger partial charge in [-0.15, -0.1) is 0 Å². The second-order valence-corrected chi connectivity index (χ2v) is 17.3. The molecule has 0 amide bonds. The molecule has 0 saturated heterocycles. The summed E-state index contributed by atoms with van der Waals surface area (Å²) in [5, 5.41) is 9.64. The summed E-state index contributed by atoms with van der Waals surface area (Å²) in [4.78, 5) is 37.1. The molecule has 0 spiro atoms. The van der Waals surface area contributed by atoms with Crippen LogP contribution in [0.5, 0.6) is 0 Å². The molecule has 0 aliphatic carbocycles. The number of aliphatic carboxylic acids is 1. The Bertz CT molecular complexity index is 1110. The van der Waals surface area contributed by atoms with Crippen LogP contribution in [0.1, 0.15) is 206 Å². The van der Waals surface area contributed by atoms with Crippen molar-refractivity contribution in [2.24, 2.45) is 0 Å². The first kappa shape index (κ1) is 56.3. The summed E-state index contributed by atoms with van der Waals surface area (Å²) in [5.41, 5.74) is 0. The number of carboxylic acids is 1. The Labute approximate surface area is 363 Å². The standard InChI is InChI=1S/C51H91NO7/c1-6-8-10-12-14-16-18-20-22-24-25-26-28-30-32-34-36-38-40-42-50(54)59-47(45-57-44-43-48(51(55)56)52(3,4)5)46-58-49(53)41-39-37-35-33-31-29-27-23-21-19-17-15-13-11-9-7-2/h9,11,15,17,21,23-25,47-48H,6-8,10,12-14,16,18-20,22,26-46H2,1-5H3/p+1/b11-9+,17-15+,23-21+,25-24+. The second kappa shape index (κ2) is 42.0. The molecule has 0 saturated carbocycles. The van der Waals surface area contributed by atoms with Gasteiger partial charge in [0.15, 0.2) is 12.1 Å². The number of hydrogen-bond donors (Lipinski definition) is 1. The number of unbranched alkanes of at least 4 members (excludes halogenated alkanes) is 21. The first-order valence-corrected chi connectivity index (χ1v) is 24.2. The molecule has 8 nitrogen and oxygen atoms in total. The monoisotopic (exact) mass is 831 g/mol. The average Bonchev–Trinajstić information content (AvgIpc) is 3.19. The molecule has 0 fully saturated rings. The van der Waals surface area contributed by atoms with Crippen molar-refractivity contribution in [1.29, 1.82) is 0 Å². The van der Waals surface area contributed by atoms with E-state index in [2.05, 4.69) is 62.5 Å². The van der Waals surface area contributed by atoms with Gasteiger partial charge in [0.25, 0.3) is 0 Å². The zero-order chi connectivity index (χ0) is 43.5. The summed E-state index contributed by atoms with van der Waals surface area (Å²) >= 11 is 0. The average molecular weight is 831 g/mol. The molecule has 342 valence electrons. The Hall–Kier alpha value is -2.71. The van der Waals surface area contributed by atoms with Gasteiger partial charge in [-0.05, 0) is 70.6 Å². The van der Waals surface area contributed by atoms with Gasteiger partial charge in [0, 0.05) is 19.3 Å². The maximum absolute atomic E-state index is 12.8. The fourth-order valence-electron chi connectivity index (χ4n) is 6.98. The van der Waals surface area contributed by atoms with Crippen molar-refractivity contribution in [3.8, 4) is 0 Å². The van der Waals surface area contributed by atoms with E-state index in [9.17, 15) is 19.5 Å². The zero-order valence-electron chi connectivity index (χ0n) is 39.0. The summed E-state index contributed by atoms with van der Waals surface area (Å²) in [6.45, 7) is 4.62. The van der Waals surface area contributed by atoms with Crippen LogP contribution in [-0.2, 0) is 28.6 Å². The molecule has 0 aromatic carbocycles. The number of carbonyl (C=O) groups is 3. The van der Waals surface area contributed by atoms with Gasteiger partial charge in [-0.3, -0.25) is 9.59 Å². The van der Waals surface area contributed by atoms with E-state index in [1.165, 1.54) is 103 Å². The number of quaternary nitrogens is 1. The number of carboxylic acid groups (broad SMARTS) is 1. The van der Waals surface area contributed by atoms with E-state index < -0.39 is 18.1 Å². The normalized spacial score (nSPS) is 13.3. The highest BCUT2D eigenvalue weighted by Gasteiger charge is 2.31. The van der Waals surface area contributed by atoms with E-state index in [1.807, 2.05) is 21.1 Å². The third-order valence-corrected chi connectivity index (χ3v) is 10.7. The van der Waals surface area contributed by atoms with E-state index in [0.717, 1.165) is 70.6 Å². The van der Waals surface area contributed by atoms with E-state index in [-0.39, 0.29) is 36.2 Å². The number of allylic oxidation sites excluding steroid dienone is 8. The lowest BCUT2D eigenvalue weighted by Crippen LogP contribution is -2.50. The van der Waals surface area contributed by atoms with E-state index >= 15 is 0 Å². The summed E-state index contributed by atoms with van der Waals surface area (Å²) in [6, 6.07) is -0.618. The van der Waals surface area contributed by atoms with Crippen LogP contribution in [0.3, 0.4) is 0 Å². The molecule has 2 atom stereocenters. The maximum atomic E-state index is 12.8. The summed E-state index contributed by atoms with van der Waals surface area (Å²) in [7, 11) is 5.53. The quantitative estimate of drug-likeness (QED) is 0.0283. The number of likely N-dealkylation sites (N-methyl/N-ethyl adjacent to an activating group) is 1. The predicted octanol–water partition coefficient (Wildman–Crippen LogP) is 13.6. The highest BCUT2D eigenvalue weighted by molar-refractivity contribution is 5.72. The van der Waals surface area contributed by atoms with Gasteiger partial charge in [0.1, 0.15) is 6.61 Å². The first-order chi connectivity index (χ1) is 28.6. The molecule has 59 heavy (non-hydrogen) atoms. The van der Waals surface area contributed by atoms with Crippen molar-refractivity contribution in [1.82, 2.24) is 0 Å². The van der Waals surface area contributed by atoms with Crippen molar-refractivity contribution in [3.63, 3.8) is 0 Å².